The first-order chi connectivity index (χ1) is 15.5. The molecule has 3 amide bonds. The average molecular weight is 441 g/mol. The topological polar surface area (TPSA) is 73.9 Å². The van der Waals surface area contributed by atoms with Gasteiger partial charge in [0.1, 0.15) is 5.75 Å². The highest BCUT2D eigenvalue weighted by Crippen LogP contribution is 2.59. The molecule has 174 valence electrons. The van der Waals surface area contributed by atoms with E-state index in [1.807, 2.05) is 24.3 Å². The maximum absolute atomic E-state index is 12.9. The minimum atomic E-state index is -0.114. The summed E-state index contributed by atoms with van der Waals surface area (Å²) in [7, 11) is 1.64. The lowest BCUT2D eigenvalue weighted by molar-refractivity contribution is -0.151. The zero-order valence-corrected chi connectivity index (χ0v) is 19.1. The van der Waals surface area contributed by atoms with E-state index in [1.54, 1.807) is 7.11 Å². The lowest BCUT2D eigenvalue weighted by Gasteiger charge is -2.58. The zero-order chi connectivity index (χ0) is 22.1. The van der Waals surface area contributed by atoms with E-state index in [1.165, 1.54) is 19.4 Å². The fraction of sp³-hybridized carbons (Fsp3) is 0.680. The first kappa shape index (κ1) is 21.6. The van der Waals surface area contributed by atoms with Gasteiger partial charge in [-0.25, -0.2) is 4.79 Å². The molecule has 0 bridgehead atoms. The zero-order valence-electron chi connectivity index (χ0n) is 19.1. The fourth-order valence-electron chi connectivity index (χ4n) is 5.82. The van der Waals surface area contributed by atoms with Crippen LogP contribution in [0.5, 0.6) is 5.75 Å². The smallest absolute Gasteiger partial charge is 0.315 e. The molecule has 1 aromatic rings. The van der Waals surface area contributed by atoms with Gasteiger partial charge in [0.25, 0.3) is 0 Å². The van der Waals surface area contributed by atoms with Crippen LogP contribution in [-0.2, 0) is 11.3 Å². The minimum absolute atomic E-state index is 0.114. The van der Waals surface area contributed by atoms with Gasteiger partial charge in [0.2, 0.25) is 5.91 Å². The van der Waals surface area contributed by atoms with Gasteiger partial charge in [-0.1, -0.05) is 12.1 Å². The van der Waals surface area contributed by atoms with E-state index in [0.29, 0.717) is 17.9 Å². The summed E-state index contributed by atoms with van der Waals surface area (Å²) in [4.78, 5) is 29.7. The Balaban J connectivity index is 0.972. The molecule has 0 radical (unpaired) electrons. The number of hydrogen-bond donors (Lipinski definition) is 2. The lowest BCUT2D eigenvalue weighted by atomic mass is 9.50. The molecule has 1 aliphatic heterocycles. The molecule has 7 nitrogen and oxygen atoms in total. The van der Waals surface area contributed by atoms with Crippen LogP contribution in [0.1, 0.15) is 44.1 Å². The van der Waals surface area contributed by atoms with E-state index < -0.39 is 0 Å². The van der Waals surface area contributed by atoms with Crippen molar-refractivity contribution in [1.82, 2.24) is 20.4 Å². The largest absolute Gasteiger partial charge is 0.497 e. The van der Waals surface area contributed by atoms with Crippen LogP contribution in [0.25, 0.3) is 0 Å². The van der Waals surface area contributed by atoms with Gasteiger partial charge in [-0.15, -0.1) is 0 Å². The highest BCUT2D eigenvalue weighted by Gasteiger charge is 2.55. The quantitative estimate of drug-likeness (QED) is 0.684. The number of methoxy groups -OCH3 is 1. The molecular weight excluding hydrogens is 404 g/mol. The third-order valence-corrected chi connectivity index (χ3v) is 7.91. The second kappa shape index (κ2) is 8.93. The maximum Gasteiger partial charge on any atom is 0.315 e. The second-order valence-electron chi connectivity index (χ2n) is 10.5. The molecule has 7 heteroatoms. The molecule has 3 aliphatic carbocycles. The molecular formula is C25H36N4O3. The fourth-order valence-corrected chi connectivity index (χ4v) is 5.82. The van der Waals surface area contributed by atoms with Gasteiger partial charge in [0.05, 0.1) is 7.11 Å². The summed E-state index contributed by atoms with van der Waals surface area (Å²) in [6, 6.07) is 7.82. The van der Waals surface area contributed by atoms with Crippen LogP contribution in [0.4, 0.5) is 4.79 Å². The van der Waals surface area contributed by atoms with Gasteiger partial charge in [0, 0.05) is 51.2 Å². The highest BCUT2D eigenvalue weighted by molar-refractivity contribution is 5.80. The van der Waals surface area contributed by atoms with Crippen molar-refractivity contribution < 1.29 is 14.3 Å². The van der Waals surface area contributed by atoms with Crippen molar-refractivity contribution in [2.24, 2.45) is 17.3 Å². The first-order valence-electron chi connectivity index (χ1n) is 12.2. The van der Waals surface area contributed by atoms with Gasteiger partial charge in [-0.05, 0) is 67.6 Å². The highest BCUT2D eigenvalue weighted by atomic mass is 16.5. The summed E-state index contributed by atoms with van der Waals surface area (Å²) >= 11 is 0. The predicted molar refractivity (Wildman–Crippen MR) is 122 cm³/mol. The Morgan fingerprint density at radius 3 is 2.34 bits per heavy atom. The van der Waals surface area contributed by atoms with E-state index in [2.05, 4.69) is 20.4 Å². The predicted octanol–water partition coefficient (Wildman–Crippen LogP) is 2.61. The van der Waals surface area contributed by atoms with Gasteiger partial charge < -0.3 is 20.3 Å². The lowest BCUT2D eigenvalue weighted by Crippen LogP contribution is -2.60. The number of carbonyl (C=O) groups is 2. The van der Waals surface area contributed by atoms with Crippen LogP contribution >= 0.6 is 0 Å². The Labute approximate surface area is 190 Å². The van der Waals surface area contributed by atoms with Crippen LogP contribution in [0.2, 0.25) is 0 Å². The molecule has 1 heterocycles. The monoisotopic (exact) mass is 440 g/mol. The molecule has 1 spiro atoms. The number of hydrogen-bond acceptors (Lipinski definition) is 4. The molecule has 32 heavy (non-hydrogen) atoms. The van der Waals surface area contributed by atoms with Crippen LogP contribution in [0.3, 0.4) is 0 Å². The Hall–Kier alpha value is -2.28. The maximum atomic E-state index is 12.9. The number of nitrogens with one attached hydrogen (secondary N) is 2. The van der Waals surface area contributed by atoms with Crippen molar-refractivity contribution in [2.75, 3.05) is 39.8 Å². The van der Waals surface area contributed by atoms with E-state index in [-0.39, 0.29) is 18.0 Å². The SMILES string of the molecule is COc1ccc(CNC(=O)NC2CC3(C2)CC(C(=O)N2CCN(CC4CC4)CC2)C3)cc1. The van der Waals surface area contributed by atoms with Crippen LogP contribution in [0.15, 0.2) is 24.3 Å². The van der Waals surface area contributed by atoms with Crippen LogP contribution in [-0.4, -0.2) is 67.6 Å². The summed E-state index contributed by atoms with van der Waals surface area (Å²) in [6.07, 6.45) is 6.79. The normalized spacial score (nSPS) is 29.7. The van der Waals surface area contributed by atoms with Crippen molar-refractivity contribution in [1.29, 1.82) is 0 Å². The summed E-state index contributed by atoms with van der Waals surface area (Å²) in [5, 5.41) is 6.02. The van der Waals surface area contributed by atoms with Crippen LogP contribution in [0, 0.1) is 17.3 Å². The van der Waals surface area contributed by atoms with E-state index in [9.17, 15) is 9.59 Å². The molecule has 5 rings (SSSR count). The van der Waals surface area contributed by atoms with Crippen molar-refractivity contribution >= 4 is 11.9 Å². The Morgan fingerprint density at radius 2 is 1.72 bits per heavy atom. The molecule has 2 N–H and O–H groups in total. The molecule has 3 saturated carbocycles. The van der Waals surface area contributed by atoms with E-state index in [4.69, 9.17) is 4.74 Å². The molecule has 0 aromatic heterocycles. The molecule has 0 unspecified atom stereocenters. The third-order valence-electron chi connectivity index (χ3n) is 7.91. The first-order valence-corrected chi connectivity index (χ1v) is 12.2. The average Bonchev–Trinajstić information content (AvgIpc) is 3.57. The van der Waals surface area contributed by atoms with Crippen molar-refractivity contribution in [2.45, 2.75) is 51.1 Å². The molecule has 1 saturated heterocycles. The number of benzene rings is 1. The van der Waals surface area contributed by atoms with Crippen LogP contribution < -0.4 is 15.4 Å². The molecule has 4 aliphatic rings. The molecule has 4 fully saturated rings. The van der Waals surface area contributed by atoms with E-state index >= 15 is 0 Å². The summed E-state index contributed by atoms with van der Waals surface area (Å²) in [6.45, 7) is 5.60. The number of urea groups is 1. The Morgan fingerprint density at radius 1 is 1.03 bits per heavy atom. The standard InChI is InChI=1S/C25H36N4O3/c1-32-22-6-4-18(5-7-22)16-26-24(31)27-21-14-25(15-21)12-20(13-25)23(30)29-10-8-28(9-11-29)17-19-2-3-19/h4-7,19-21H,2-3,8-17H2,1H3,(H2,26,27,31). The number of amides is 3. The third kappa shape index (κ3) is 4.87. The minimum Gasteiger partial charge on any atom is -0.497 e. The van der Waals surface area contributed by atoms with Gasteiger partial charge in [-0.2, -0.15) is 0 Å². The number of piperazine rings is 1. The van der Waals surface area contributed by atoms with E-state index in [0.717, 1.165) is 69.1 Å². The van der Waals surface area contributed by atoms with Gasteiger partial charge in [-0.3, -0.25) is 9.69 Å². The Bertz CT molecular complexity index is 816. The number of rotatable bonds is 7. The molecule has 0 atom stereocenters. The van der Waals surface area contributed by atoms with Gasteiger partial charge >= 0.3 is 6.03 Å². The van der Waals surface area contributed by atoms with Crippen molar-refractivity contribution in [3.05, 3.63) is 29.8 Å². The Kier molecular flexibility index (Phi) is 6.01. The summed E-state index contributed by atoms with van der Waals surface area (Å²) in [5.74, 6) is 2.31. The summed E-state index contributed by atoms with van der Waals surface area (Å²) in [5.41, 5.74) is 1.34. The summed E-state index contributed by atoms with van der Waals surface area (Å²) < 4.78 is 5.16. The molecule has 1 aromatic carbocycles. The van der Waals surface area contributed by atoms with Crippen molar-refractivity contribution in [3.8, 4) is 5.75 Å². The number of ether oxygens (including phenoxy) is 1. The number of nitrogens with zero attached hydrogens (tertiary/aromatic N) is 2. The van der Waals surface area contributed by atoms with Gasteiger partial charge in [0.15, 0.2) is 0 Å². The van der Waals surface area contributed by atoms with Crippen molar-refractivity contribution in [3.63, 3.8) is 0 Å². The number of carbonyl (C=O) groups excluding carboxylic acids is 2. The second-order valence-corrected chi connectivity index (χ2v) is 10.5.